The number of nitriles is 1. The quantitative estimate of drug-likeness (QED) is 0.770. The van der Waals surface area contributed by atoms with Gasteiger partial charge in [0.1, 0.15) is 17.5 Å². The van der Waals surface area contributed by atoms with Gasteiger partial charge in [-0.15, -0.1) is 0 Å². The Bertz CT molecular complexity index is 395. The van der Waals surface area contributed by atoms with Crippen LogP contribution >= 0.6 is 0 Å². The van der Waals surface area contributed by atoms with Crippen LogP contribution in [0, 0.1) is 24.2 Å². The van der Waals surface area contributed by atoms with Crippen molar-refractivity contribution in [2.45, 2.75) is 32.7 Å². The largest absolute Gasteiger partial charge is 0.383 e. The van der Waals surface area contributed by atoms with Gasteiger partial charge in [0.05, 0.1) is 11.7 Å². The molecule has 2 rings (SSSR count). The molecular weight excluding hydrogens is 176 g/mol. The maximum Gasteiger partial charge on any atom is 0.140 e. The zero-order chi connectivity index (χ0) is 10.3. The van der Waals surface area contributed by atoms with Crippen LogP contribution in [0.15, 0.2) is 0 Å². The van der Waals surface area contributed by atoms with Gasteiger partial charge >= 0.3 is 0 Å². The van der Waals surface area contributed by atoms with Crippen LogP contribution in [0.4, 0.5) is 5.82 Å². The molecule has 1 unspecified atom stereocenters. The molecule has 1 aromatic rings. The highest BCUT2D eigenvalue weighted by Gasteiger charge is 2.31. The first-order chi connectivity index (χ1) is 6.65. The molecule has 1 atom stereocenters. The van der Waals surface area contributed by atoms with E-state index in [0.29, 0.717) is 23.3 Å². The molecule has 1 saturated carbocycles. The number of nitrogens with two attached hydrogens (primary N) is 1. The summed E-state index contributed by atoms with van der Waals surface area (Å²) in [7, 11) is 0. The second kappa shape index (κ2) is 3.02. The van der Waals surface area contributed by atoms with Crippen LogP contribution in [0.3, 0.4) is 0 Å². The fourth-order valence-corrected chi connectivity index (χ4v) is 1.79. The lowest BCUT2D eigenvalue weighted by molar-refractivity contribution is 0.444. The summed E-state index contributed by atoms with van der Waals surface area (Å²) in [4.78, 5) is 0. The molecule has 4 nitrogen and oxygen atoms in total. The lowest BCUT2D eigenvalue weighted by Gasteiger charge is -2.12. The molecule has 1 fully saturated rings. The van der Waals surface area contributed by atoms with E-state index in [1.165, 1.54) is 12.8 Å². The van der Waals surface area contributed by atoms with E-state index in [-0.39, 0.29) is 0 Å². The van der Waals surface area contributed by atoms with Gasteiger partial charge in [-0.3, -0.25) is 0 Å². The van der Waals surface area contributed by atoms with E-state index in [4.69, 9.17) is 11.0 Å². The Balaban J connectivity index is 2.39. The molecule has 4 heteroatoms. The maximum absolute atomic E-state index is 8.87. The minimum absolute atomic E-state index is 0.329. The molecule has 2 N–H and O–H groups in total. The van der Waals surface area contributed by atoms with E-state index in [1.54, 1.807) is 4.68 Å². The van der Waals surface area contributed by atoms with Gasteiger partial charge in [-0.05, 0) is 32.6 Å². The molecule has 0 aromatic carbocycles. The first-order valence-corrected chi connectivity index (χ1v) is 4.89. The summed E-state index contributed by atoms with van der Waals surface area (Å²) in [6, 6.07) is 2.42. The third-order valence-electron chi connectivity index (χ3n) is 2.92. The highest BCUT2D eigenvalue weighted by atomic mass is 15.3. The third kappa shape index (κ3) is 1.25. The lowest BCUT2D eigenvalue weighted by atomic mass is 10.2. The number of nitrogen functional groups attached to an aromatic ring is 1. The Morgan fingerprint density at radius 3 is 2.71 bits per heavy atom. The Hall–Kier alpha value is -1.50. The molecule has 0 bridgehead atoms. The van der Waals surface area contributed by atoms with Crippen LogP contribution in [0.25, 0.3) is 0 Å². The van der Waals surface area contributed by atoms with Crippen molar-refractivity contribution in [1.29, 1.82) is 5.26 Å². The highest BCUT2D eigenvalue weighted by molar-refractivity contribution is 5.51. The second-order valence-corrected chi connectivity index (χ2v) is 3.98. The van der Waals surface area contributed by atoms with Crippen molar-refractivity contribution >= 4 is 5.82 Å². The van der Waals surface area contributed by atoms with Crippen LogP contribution in [0.2, 0.25) is 0 Å². The minimum atomic E-state index is 0.329. The molecule has 1 aliphatic carbocycles. The number of rotatable bonds is 2. The first kappa shape index (κ1) is 9.07. The summed E-state index contributed by atoms with van der Waals surface area (Å²) in [5, 5.41) is 13.2. The van der Waals surface area contributed by atoms with Crippen molar-refractivity contribution in [3.8, 4) is 6.07 Å². The standard InChI is InChI=1S/C10H14N4/c1-6-9(5-11)10(12)14(13-6)7(2)8-3-4-8/h7-8H,3-4,12H2,1-2H3. The molecule has 0 amide bonds. The number of aromatic nitrogens is 2. The fourth-order valence-electron chi connectivity index (χ4n) is 1.79. The Kier molecular flexibility index (Phi) is 1.95. The second-order valence-electron chi connectivity index (χ2n) is 3.98. The summed E-state index contributed by atoms with van der Waals surface area (Å²) >= 11 is 0. The normalized spacial score (nSPS) is 17.8. The summed E-state index contributed by atoms with van der Waals surface area (Å²) in [6.45, 7) is 3.94. The summed E-state index contributed by atoms with van der Waals surface area (Å²) in [5.74, 6) is 1.22. The van der Waals surface area contributed by atoms with Crippen molar-refractivity contribution in [2.24, 2.45) is 5.92 Å². The summed E-state index contributed by atoms with van der Waals surface area (Å²) in [6.07, 6.45) is 2.50. The maximum atomic E-state index is 8.87. The van der Waals surface area contributed by atoms with E-state index in [2.05, 4.69) is 18.1 Å². The molecule has 1 aromatic heterocycles. The zero-order valence-corrected chi connectivity index (χ0v) is 8.49. The number of hydrogen-bond donors (Lipinski definition) is 1. The van der Waals surface area contributed by atoms with Crippen molar-refractivity contribution in [3.63, 3.8) is 0 Å². The van der Waals surface area contributed by atoms with Gasteiger partial charge in [0.15, 0.2) is 0 Å². The van der Waals surface area contributed by atoms with Crippen LogP contribution in [-0.2, 0) is 0 Å². The Morgan fingerprint density at radius 2 is 2.29 bits per heavy atom. The zero-order valence-electron chi connectivity index (χ0n) is 8.49. The monoisotopic (exact) mass is 190 g/mol. The van der Waals surface area contributed by atoms with E-state index < -0.39 is 0 Å². The topological polar surface area (TPSA) is 67.6 Å². The first-order valence-electron chi connectivity index (χ1n) is 4.89. The van der Waals surface area contributed by atoms with Crippen molar-refractivity contribution in [1.82, 2.24) is 9.78 Å². The lowest BCUT2D eigenvalue weighted by Crippen LogP contribution is -2.12. The average molecular weight is 190 g/mol. The van der Waals surface area contributed by atoms with Crippen LogP contribution in [-0.4, -0.2) is 9.78 Å². The van der Waals surface area contributed by atoms with Gasteiger partial charge in [-0.25, -0.2) is 4.68 Å². The number of anilines is 1. The predicted molar refractivity (Wildman–Crippen MR) is 53.5 cm³/mol. The molecule has 1 aliphatic rings. The van der Waals surface area contributed by atoms with E-state index in [1.807, 2.05) is 6.92 Å². The van der Waals surface area contributed by atoms with Gasteiger partial charge in [0.2, 0.25) is 0 Å². The summed E-state index contributed by atoms with van der Waals surface area (Å²) < 4.78 is 1.80. The Morgan fingerprint density at radius 1 is 1.64 bits per heavy atom. The van der Waals surface area contributed by atoms with E-state index in [0.717, 1.165) is 5.69 Å². The van der Waals surface area contributed by atoms with E-state index >= 15 is 0 Å². The van der Waals surface area contributed by atoms with Gasteiger partial charge in [0, 0.05) is 0 Å². The van der Waals surface area contributed by atoms with Gasteiger partial charge < -0.3 is 5.73 Å². The fraction of sp³-hybridized carbons (Fsp3) is 0.600. The average Bonchev–Trinajstić information content (AvgIpc) is 2.93. The molecule has 0 saturated heterocycles. The molecule has 1 heterocycles. The molecule has 0 radical (unpaired) electrons. The van der Waals surface area contributed by atoms with Crippen molar-refractivity contribution in [3.05, 3.63) is 11.3 Å². The van der Waals surface area contributed by atoms with Gasteiger partial charge in [0.25, 0.3) is 0 Å². The number of hydrogen-bond acceptors (Lipinski definition) is 3. The van der Waals surface area contributed by atoms with Crippen molar-refractivity contribution < 1.29 is 0 Å². The van der Waals surface area contributed by atoms with E-state index in [9.17, 15) is 0 Å². The van der Waals surface area contributed by atoms with Crippen LogP contribution in [0.1, 0.15) is 37.1 Å². The SMILES string of the molecule is Cc1nn(C(C)C2CC2)c(N)c1C#N. The molecule has 14 heavy (non-hydrogen) atoms. The highest BCUT2D eigenvalue weighted by Crippen LogP contribution is 2.40. The van der Waals surface area contributed by atoms with Gasteiger partial charge in [-0.1, -0.05) is 0 Å². The smallest absolute Gasteiger partial charge is 0.140 e. The number of nitrogens with zero attached hydrogens (tertiary/aromatic N) is 3. The molecular formula is C10H14N4. The van der Waals surface area contributed by atoms with Crippen LogP contribution in [0.5, 0.6) is 0 Å². The third-order valence-corrected chi connectivity index (χ3v) is 2.92. The molecule has 0 aliphatic heterocycles. The number of aryl methyl sites for hydroxylation is 1. The van der Waals surface area contributed by atoms with Crippen LogP contribution < -0.4 is 5.73 Å². The van der Waals surface area contributed by atoms with Crippen molar-refractivity contribution in [2.75, 3.05) is 5.73 Å². The predicted octanol–water partition coefficient (Wildman–Crippen LogP) is 1.62. The Labute approximate surface area is 83.3 Å². The minimum Gasteiger partial charge on any atom is -0.383 e. The summed E-state index contributed by atoms with van der Waals surface area (Å²) in [5.41, 5.74) is 7.12. The molecule has 0 spiro atoms. The van der Waals surface area contributed by atoms with Gasteiger partial charge in [-0.2, -0.15) is 10.4 Å². The molecule has 74 valence electrons.